The fourth-order valence-electron chi connectivity index (χ4n) is 8.30. The second-order valence-electron chi connectivity index (χ2n) is 19.0. The van der Waals surface area contributed by atoms with Gasteiger partial charge in [-0.3, -0.25) is 19.2 Å². The van der Waals surface area contributed by atoms with E-state index >= 15 is 0 Å². The number of hydrogen-bond donors (Lipinski definition) is 5. The minimum absolute atomic E-state index is 0.00906. The molecule has 1 aliphatic carbocycles. The second-order valence-corrected chi connectivity index (χ2v) is 21.5. The van der Waals surface area contributed by atoms with Crippen molar-refractivity contribution >= 4 is 72.8 Å². The highest BCUT2D eigenvalue weighted by atomic mass is 32.2. The highest BCUT2D eigenvalue weighted by molar-refractivity contribution is 7.90. The number of alkyl carbamates (subject to hydrolysis) is 1. The van der Waals surface area contributed by atoms with E-state index < -0.39 is 75.0 Å². The molecule has 0 unspecified atom stereocenters. The lowest BCUT2D eigenvalue weighted by molar-refractivity contribution is -0.141. The van der Waals surface area contributed by atoms with E-state index in [-0.39, 0.29) is 48.3 Å². The Balaban J connectivity index is 1.23. The van der Waals surface area contributed by atoms with Crippen LogP contribution in [-0.4, -0.2) is 102 Å². The maximum atomic E-state index is 14.9. The molecule has 18 nitrogen and oxygen atoms in total. The summed E-state index contributed by atoms with van der Waals surface area (Å²) in [6, 6.07) is 10.6. The molecule has 0 radical (unpaired) electrons. The van der Waals surface area contributed by atoms with Crippen molar-refractivity contribution in [2.75, 3.05) is 24.3 Å². The predicted molar refractivity (Wildman–Crippen MR) is 258 cm³/mol. The third-order valence-corrected chi connectivity index (χ3v) is 13.9. The molecule has 5 amide bonds. The van der Waals surface area contributed by atoms with Gasteiger partial charge in [0, 0.05) is 47.7 Å². The van der Waals surface area contributed by atoms with Crippen LogP contribution >= 0.6 is 11.3 Å². The number of nitrogens with one attached hydrogen (secondary N) is 5. The summed E-state index contributed by atoms with van der Waals surface area (Å²) in [5.74, 6) is -2.76. The van der Waals surface area contributed by atoms with Gasteiger partial charge in [0.2, 0.25) is 17.7 Å². The highest BCUT2D eigenvalue weighted by Crippen LogP contribution is 2.46. The molecule has 364 valence electrons. The Morgan fingerprint density at radius 1 is 1.00 bits per heavy atom. The Kier molecular flexibility index (Phi) is 14.7. The minimum atomic E-state index is -4.58. The number of hydrogen-bond acceptors (Lipinski definition) is 14. The first-order valence-corrected chi connectivity index (χ1v) is 25.2. The Hall–Kier alpha value is -6.28. The van der Waals surface area contributed by atoms with Crippen LogP contribution < -0.4 is 35.5 Å². The van der Waals surface area contributed by atoms with Crippen molar-refractivity contribution in [1.29, 1.82) is 0 Å². The maximum Gasteiger partial charge on any atom is 0.408 e. The van der Waals surface area contributed by atoms with E-state index in [0.717, 1.165) is 0 Å². The van der Waals surface area contributed by atoms with Gasteiger partial charge in [-0.15, -0.1) is 11.3 Å². The number of allylic oxidation sites excluding steroid dienone is 1. The average Bonchev–Trinajstić information content (AvgIpc) is 3.52. The first kappa shape index (κ1) is 49.6. The van der Waals surface area contributed by atoms with Crippen LogP contribution in [0, 0.1) is 11.8 Å². The van der Waals surface area contributed by atoms with Gasteiger partial charge in [-0.05, 0) is 90.5 Å². The first-order chi connectivity index (χ1) is 32.2. The molecule has 5 atom stereocenters. The molecule has 7 rings (SSSR count). The first-order valence-electron chi connectivity index (χ1n) is 22.8. The summed E-state index contributed by atoms with van der Waals surface area (Å²) in [6.45, 7) is 12.5. The third kappa shape index (κ3) is 11.5. The molecule has 4 aromatic rings. The number of carbonyl (C=O) groups excluding carboxylic acids is 5. The summed E-state index contributed by atoms with van der Waals surface area (Å²) < 4.78 is 47.8. The standard InChI is InChI=1S/C48H60N8O10S2/c1-27(2)41(53-46(61)66-47(5,6)7)43(59)56-25-31(65-38-23-35(36-26-67-45(52-36)49-28(3)4)50-34-21-30(64-8)19-20-32(34)38)22-37(56)42(58)54-48-24-29(48)15-11-9-10-12-18-40(57)51-33-16-13-14-17-39(33)68(62,63)55-44(48)60/h11,13-17,19-21,23,26-29,31,37,41H,9-10,12,18,22,24-25H2,1-8H3,(H,49,52)(H,51,57)(H,53,61)(H,54,58)(H,55,60)/b15-11-/t29-,31-,37+,41+,48-/m1/s1. The molecule has 0 bridgehead atoms. The largest absolute Gasteiger partial charge is 0.497 e. The molecule has 68 heavy (non-hydrogen) atoms. The van der Waals surface area contributed by atoms with Gasteiger partial charge in [-0.1, -0.05) is 38.1 Å². The summed E-state index contributed by atoms with van der Waals surface area (Å²) in [5.41, 5.74) is -0.916. The van der Waals surface area contributed by atoms with Gasteiger partial charge in [0.05, 0.1) is 30.6 Å². The van der Waals surface area contributed by atoms with Crippen molar-refractivity contribution in [1.82, 2.24) is 30.2 Å². The van der Waals surface area contributed by atoms with Gasteiger partial charge in [0.25, 0.3) is 15.9 Å². The lowest BCUT2D eigenvalue weighted by atomic mass is 10.0. The zero-order valence-electron chi connectivity index (χ0n) is 39.5. The van der Waals surface area contributed by atoms with Gasteiger partial charge in [-0.2, -0.15) is 0 Å². The predicted octanol–water partition coefficient (Wildman–Crippen LogP) is 6.53. The molecule has 3 aliphatic rings. The van der Waals surface area contributed by atoms with Gasteiger partial charge < -0.3 is 40.4 Å². The number of amides is 5. The fourth-order valence-corrected chi connectivity index (χ4v) is 10.4. The number of methoxy groups -OCH3 is 1. The van der Waals surface area contributed by atoms with Crippen molar-refractivity contribution in [3.63, 3.8) is 0 Å². The zero-order valence-corrected chi connectivity index (χ0v) is 41.1. The average molecular weight is 973 g/mol. The van der Waals surface area contributed by atoms with Gasteiger partial charge in [0.15, 0.2) is 5.13 Å². The number of pyridine rings is 1. The van der Waals surface area contributed by atoms with Crippen molar-refractivity contribution in [3.8, 4) is 22.9 Å². The number of rotatable bonds is 11. The van der Waals surface area contributed by atoms with Crippen LogP contribution in [0.5, 0.6) is 11.5 Å². The van der Waals surface area contributed by atoms with E-state index in [2.05, 4.69) is 26.0 Å². The van der Waals surface area contributed by atoms with E-state index in [1.807, 2.05) is 31.4 Å². The van der Waals surface area contributed by atoms with Crippen LogP contribution in [-0.2, 0) is 33.9 Å². The van der Waals surface area contributed by atoms with Gasteiger partial charge in [-0.25, -0.2) is 27.9 Å². The SMILES string of the molecule is COc1ccc2c(O[C@@H]3C[C@@H](C(=O)N[C@]45C[C@H]4/C=C\CCCCC(=O)Nc4ccccc4S(=O)(=O)NC5=O)N(C(=O)[C@@H](NC(=O)OC(C)(C)C)C(C)C)C3)cc(-c3csc(NC(C)C)n3)nc2c1. The normalized spacial score (nSPS) is 22.6. The van der Waals surface area contributed by atoms with Crippen LogP contribution in [0.4, 0.5) is 15.6 Å². The molecule has 4 heterocycles. The second kappa shape index (κ2) is 20.1. The Morgan fingerprint density at radius 2 is 1.76 bits per heavy atom. The summed E-state index contributed by atoms with van der Waals surface area (Å²) in [5, 5.41) is 14.8. The number of benzene rings is 2. The number of anilines is 2. The maximum absolute atomic E-state index is 14.9. The Morgan fingerprint density at radius 3 is 2.49 bits per heavy atom. The molecule has 20 heteroatoms. The lowest BCUT2D eigenvalue weighted by Gasteiger charge is -2.31. The van der Waals surface area contributed by atoms with Crippen molar-refractivity contribution in [2.24, 2.45) is 11.8 Å². The van der Waals surface area contributed by atoms with Crippen LogP contribution in [0.1, 0.15) is 87.0 Å². The van der Waals surface area contributed by atoms with E-state index in [1.165, 1.54) is 34.4 Å². The lowest BCUT2D eigenvalue weighted by Crippen LogP contribution is -2.59. The number of thiazole rings is 1. The van der Waals surface area contributed by atoms with E-state index in [4.69, 9.17) is 24.2 Å². The number of fused-ring (bicyclic) bond motifs is 3. The number of nitrogens with zero attached hydrogens (tertiary/aromatic N) is 3. The molecular weight excluding hydrogens is 913 g/mol. The van der Waals surface area contributed by atoms with Crippen LogP contribution in [0.15, 0.2) is 71.0 Å². The molecule has 2 aromatic heterocycles. The zero-order chi connectivity index (χ0) is 49.1. The molecule has 2 aromatic carbocycles. The molecule has 1 saturated heterocycles. The quantitative estimate of drug-likeness (QED) is 0.101. The van der Waals surface area contributed by atoms with Crippen molar-refractivity contribution < 1.29 is 46.6 Å². The summed E-state index contributed by atoms with van der Waals surface area (Å²) >= 11 is 1.43. The topological polar surface area (TPSA) is 236 Å². The van der Waals surface area contributed by atoms with E-state index in [0.29, 0.717) is 58.2 Å². The third-order valence-electron chi connectivity index (χ3n) is 11.7. The van der Waals surface area contributed by atoms with E-state index in [1.54, 1.807) is 72.1 Å². The molecule has 0 spiro atoms. The van der Waals surface area contributed by atoms with Gasteiger partial charge in [0.1, 0.15) is 51.4 Å². The molecule has 2 fully saturated rings. The molecule has 5 N–H and O–H groups in total. The fraction of sp³-hybridized carbons (Fsp3) is 0.479. The minimum Gasteiger partial charge on any atom is -0.497 e. The number of carbonyl (C=O) groups is 5. The van der Waals surface area contributed by atoms with Crippen LogP contribution in [0.3, 0.4) is 0 Å². The Bertz CT molecular complexity index is 2720. The highest BCUT2D eigenvalue weighted by Gasteiger charge is 2.62. The Labute approximate surface area is 400 Å². The summed E-state index contributed by atoms with van der Waals surface area (Å²) in [6.07, 6.45) is 3.96. The number of aromatic nitrogens is 2. The molecule has 1 saturated carbocycles. The molecule has 2 aliphatic heterocycles. The number of para-hydroxylation sites is 1. The smallest absolute Gasteiger partial charge is 0.408 e. The van der Waals surface area contributed by atoms with Crippen LogP contribution in [0.2, 0.25) is 0 Å². The van der Waals surface area contributed by atoms with Crippen molar-refractivity contribution in [2.45, 2.75) is 127 Å². The molecular formula is C48H60N8O10S2. The number of likely N-dealkylation sites (tertiary alicyclic amines) is 1. The van der Waals surface area contributed by atoms with Crippen molar-refractivity contribution in [3.05, 3.63) is 66.1 Å². The van der Waals surface area contributed by atoms with Gasteiger partial charge >= 0.3 is 6.09 Å². The summed E-state index contributed by atoms with van der Waals surface area (Å²) in [4.78, 5) is 80.7. The number of sulfonamides is 1. The monoisotopic (exact) mass is 972 g/mol. The van der Waals surface area contributed by atoms with Crippen LogP contribution in [0.25, 0.3) is 22.3 Å². The number of ether oxygens (including phenoxy) is 3. The van der Waals surface area contributed by atoms with E-state index in [9.17, 15) is 32.4 Å². The summed E-state index contributed by atoms with van der Waals surface area (Å²) in [7, 11) is -3.03.